The molecule has 0 saturated heterocycles. The summed E-state index contributed by atoms with van der Waals surface area (Å²) in [4.78, 5) is 4.27. The van der Waals surface area contributed by atoms with Crippen LogP contribution in [0.4, 0.5) is 0 Å². The third kappa shape index (κ3) is 2.78. The monoisotopic (exact) mass is 209 g/mol. The van der Waals surface area contributed by atoms with Crippen LogP contribution in [0, 0.1) is 11.3 Å². The fourth-order valence-electron chi connectivity index (χ4n) is 1.13. The van der Waals surface area contributed by atoms with Crippen LogP contribution in [0.3, 0.4) is 0 Å². The van der Waals surface area contributed by atoms with Crippen molar-refractivity contribution in [3.05, 3.63) is 12.4 Å². The molecule has 14 heavy (non-hydrogen) atoms. The molecule has 0 spiro atoms. The molecule has 1 rings (SSSR count). The third-order valence-electron chi connectivity index (χ3n) is 2.14. The summed E-state index contributed by atoms with van der Waals surface area (Å²) in [6, 6.07) is 2.62. The highest BCUT2D eigenvalue weighted by molar-refractivity contribution is 7.99. The molecule has 4 heteroatoms. The van der Waals surface area contributed by atoms with E-state index in [1.165, 1.54) is 0 Å². The maximum absolute atomic E-state index is 8.43. The van der Waals surface area contributed by atoms with Crippen LogP contribution in [0.1, 0.15) is 32.7 Å². The topological polar surface area (TPSA) is 41.6 Å². The molecule has 1 unspecified atom stereocenters. The Balaban J connectivity index is 2.59. The quantitative estimate of drug-likeness (QED) is 0.553. The van der Waals surface area contributed by atoms with Crippen molar-refractivity contribution in [2.24, 2.45) is 0 Å². The van der Waals surface area contributed by atoms with Gasteiger partial charge >= 0.3 is 0 Å². The van der Waals surface area contributed by atoms with Gasteiger partial charge in [-0.3, -0.25) is 0 Å². The number of rotatable bonds is 5. The number of nitrogens with zero attached hydrogens (tertiary/aromatic N) is 3. The predicted molar refractivity (Wildman–Crippen MR) is 58.2 cm³/mol. The zero-order chi connectivity index (χ0) is 10.4. The molecule has 1 aromatic rings. The average Bonchev–Trinajstić information content (AvgIpc) is 2.65. The number of thioether (sulfide) groups is 1. The van der Waals surface area contributed by atoms with Gasteiger partial charge in [0.2, 0.25) is 0 Å². The highest BCUT2D eigenvalue weighted by Crippen LogP contribution is 2.21. The second-order valence-corrected chi connectivity index (χ2v) is 4.19. The molecule has 0 radical (unpaired) electrons. The Hall–Kier alpha value is -0.950. The van der Waals surface area contributed by atoms with E-state index in [0.29, 0.717) is 12.5 Å². The van der Waals surface area contributed by atoms with Crippen LogP contribution in [0.2, 0.25) is 0 Å². The number of hydrogen-bond acceptors (Lipinski definition) is 3. The number of imidazole rings is 1. The fourth-order valence-corrected chi connectivity index (χ4v) is 2.03. The predicted octanol–water partition coefficient (Wildman–Crippen LogP) is 2.86. The second kappa shape index (κ2) is 5.71. The second-order valence-electron chi connectivity index (χ2n) is 3.13. The largest absolute Gasteiger partial charge is 0.323 e. The van der Waals surface area contributed by atoms with Crippen LogP contribution in [0.5, 0.6) is 0 Å². The first-order valence-electron chi connectivity index (χ1n) is 4.82. The van der Waals surface area contributed by atoms with Gasteiger partial charge in [0, 0.05) is 30.6 Å². The molecular formula is C10H15N3S. The number of aromatic nitrogens is 2. The summed E-state index contributed by atoms with van der Waals surface area (Å²) in [7, 11) is 0. The lowest BCUT2D eigenvalue weighted by atomic mass is 10.3. The highest BCUT2D eigenvalue weighted by atomic mass is 32.2. The Kier molecular flexibility index (Phi) is 4.54. The smallest absolute Gasteiger partial charge is 0.168 e. The maximum atomic E-state index is 8.43. The van der Waals surface area contributed by atoms with Gasteiger partial charge in [-0.1, -0.05) is 18.7 Å². The molecule has 0 amide bonds. The van der Waals surface area contributed by atoms with Crippen LogP contribution in [0.15, 0.2) is 17.6 Å². The molecule has 76 valence electrons. The molecule has 0 fully saturated rings. The molecule has 0 N–H and O–H groups in total. The summed E-state index contributed by atoms with van der Waals surface area (Å²) in [6.07, 6.45) is 5.50. The van der Waals surface area contributed by atoms with Crippen molar-refractivity contribution in [2.45, 2.75) is 37.9 Å². The molecule has 3 nitrogen and oxygen atoms in total. The minimum Gasteiger partial charge on any atom is -0.323 e. The molecule has 0 aromatic carbocycles. The van der Waals surface area contributed by atoms with Crippen LogP contribution in [-0.4, -0.2) is 15.3 Å². The molecule has 1 heterocycles. The first kappa shape index (κ1) is 11.1. The van der Waals surface area contributed by atoms with E-state index in [1.54, 1.807) is 11.8 Å². The minimum atomic E-state index is 0.488. The lowest BCUT2D eigenvalue weighted by molar-refractivity contribution is 0.492. The first-order valence-corrected chi connectivity index (χ1v) is 5.80. The Labute approximate surface area is 89.1 Å². The first-order chi connectivity index (χ1) is 6.79. The van der Waals surface area contributed by atoms with Crippen molar-refractivity contribution in [3.63, 3.8) is 0 Å². The van der Waals surface area contributed by atoms with Gasteiger partial charge in [-0.2, -0.15) is 5.26 Å². The van der Waals surface area contributed by atoms with Gasteiger partial charge in [0.05, 0.1) is 6.07 Å². The molecule has 0 aliphatic carbocycles. The van der Waals surface area contributed by atoms with Gasteiger partial charge in [0.25, 0.3) is 0 Å². The van der Waals surface area contributed by atoms with Crippen LogP contribution in [-0.2, 0) is 0 Å². The summed E-state index contributed by atoms with van der Waals surface area (Å²) < 4.78 is 2.17. The molecule has 0 bridgehead atoms. The van der Waals surface area contributed by atoms with Crippen molar-refractivity contribution < 1.29 is 0 Å². The minimum absolute atomic E-state index is 0.488. The number of hydrogen-bond donors (Lipinski definition) is 0. The van der Waals surface area contributed by atoms with Crippen molar-refractivity contribution in [1.29, 1.82) is 5.26 Å². The summed E-state index contributed by atoms with van der Waals surface area (Å²) >= 11 is 1.65. The molecule has 1 aromatic heterocycles. The zero-order valence-corrected chi connectivity index (χ0v) is 9.42. The summed E-state index contributed by atoms with van der Waals surface area (Å²) in [6.45, 7) is 4.34. The van der Waals surface area contributed by atoms with Gasteiger partial charge in [-0.25, -0.2) is 4.98 Å². The van der Waals surface area contributed by atoms with E-state index in [-0.39, 0.29) is 0 Å². The lowest BCUT2D eigenvalue weighted by Crippen LogP contribution is -2.04. The standard InChI is InChI=1S/C10H15N3S/c1-3-9(2)13-7-6-12-10(13)14-8-4-5-11/h6-7,9H,3-4,8H2,1-2H3. The van der Waals surface area contributed by atoms with Gasteiger partial charge < -0.3 is 4.57 Å². The molecule has 0 aliphatic heterocycles. The molecular weight excluding hydrogens is 194 g/mol. The van der Waals surface area contributed by atoms with E-state index in [2.05, 4.69) is 29.5 Å². The Morgan fingerprint density at radius 1 is 1.71 bits per heavy atom. The Bertz CT molecular complexity index is 313. The van der Waals surface area contributed by atoms with Crippen molar-refractivity contribution in [3.8, 4) is 6.07 Å². The third-order valence-corrected chi connectivity index (χ3v) is 3.13. The Morgan fingerprint density at radius 2 is 2.50 bits per heavy atom. The molecule has 1 atom stereocenters. The van der Waals surface area contributed by atoms with E-state index < -0.39 is 0 Å². The van der Waals surface area contributed by atoms with Gasteiger partial charge in [-0.05, 0) is 13.3 Å². The summed E-state index contributed by atoms with van der Waals surface area (Å²) in [5, 5.41) is 9.45. The maximum Gasteiger partial charge on any atom is 0.168 e. The average molecular weight is 209 g/mol. The summed E-state index contributed by atoms with van der Waals surface area (Å²) in [5.74, 6) is 0.823. The van der Waals surface area contributed by atoms with Crippen molar-refractivity contribution >= 4 is 11.8 Å². The summed E-state index contributed by atoms with van der Waals surface area (Å²) in [5.41, 5.74) is 0. The Morgan fingerprint density at radius 3 is 3.14 bits per heavy atom. The van der Waals surface area contributed by atoms with E-state index in [0.717, 1.165) is 17.3 Å². The van der Waals surface area contributed by atoms with Crippen LogP contribution < -0.4 is 0 Å². The van der Waals surface area contributed by atoms with Crippen LogP contribution in [0.25, 0.3) is 0 Å². The van der Waals surface area contributed by atoms with Crippen LogP contribution >= 0.6 is 11.8 Å². The number of nitriles is 1. The SMILES string of the molecule is CCC(C)n1ccnc1SCCC#N. The van der Waals surface area contributed by atoms with Gasteiger partial charge in [-0.15, -0.1) is 0 Å². The lowest BCUT2D eigenvalue weighted by Gasteiger charge is -2.13. The van der Waals surface area contributed by atoms with E-state index >= 15 is 0 Å². The zero-order valence-electron chi connectivity index (χ0n) is 8.60. The fraction of sp³-hybridized carbons (Fsp3) is 0.600. The van der Waals surface area contributed by atoms with Crippen molar-refractivity contribution in [2.75, 3.05) is 5.75 Å². The molecule has 0 saturated carbocycles. The van der Waals surface area contributed by atoms with Crippen molar-refractivity contribution in [1.82, 2.24) is 9.55 Å². The normalized spacial score (nSPS) is 12.4. The highest BCUT2D eigenvalue weighted by Gasteiger charge is 2.07. The van der Waals surface area contributed by atoms with Gasteiger partial charge in [0.15, 0.2) is 5.16 Å². The molecule has 0 aliphatic rings. The van der Waals surface area contributed by atoms with Gasteiger partial charge in [0.1, 0.15) is 0 Å². The van der Waals surface area contributed by atoms with E-state index in [4.69, 9.17) is 5.26 Å². The van der Waals surface area contributed by atoms with E-state index in [1.807, 2.05) is 12.4 Å². The van der Waals surface area contributed by atoms with E-state index in [9.17, 15) is 0 Å².